The van der Waals surface area contributed by atoms with Crippen molar-refractivity contribution in [1.82, 2.24) is 0 Å². The van der Waals surface area contributed by atoms with Gasteiger partial charge in [-0.25, -0.2) is 0 Å². The van der Waals surface area contributed by atoms with E-state index in [9.17, 15) is 0 Å². The van der Waals surface area contributed by atoms with Crippen molar-refractivity contribution in [3.8, 4) is 5.75 Å². The van der Waals surface area contributed by atoms with E-state index < -0.39 is 0 Å². The van der Waals surface area contributed by atoms with Crippen LogP contribution in [-0.4, -0.2) is 22.9 Å². The van der Waals surface area contributed by atoms with E-state index in [2.05, 4.69) is 0 Å². The van der Waals surface area contributed by atoms with Gasteiger partial charge in [0.1, 0.15) is 5.75 Å². The highest BCUT2D eigenvalue weighted by Crippen LogP contribution is 2.11. The summed E-state index contributed by atoms with van der Waals surface area (Å²) in [5.74, 6) is 0.263. The fraction of sp³-hybridized carbons (Fsp3) is 0.400. The van der Waals surface area contributed by atoms with Gasteiger partial charge in [0.05, 0.1) is 0 Å². The van der Waals surface area contributed by atoms with Gasteiger partial charge in [0, 0.05) is 12.6 Å². The molecule has 1 atom stereocenters. The number of benzene rings is 1. The monoisotopic (exact) mass is 181 g/mol. The van der Waals surface area contributed by atoms with Crippen molar-refractivity contribution >= 4 is 0 Å². The summed E-state index contributed by atoms with van der Waals surface area (Å²) in [6, 6.07) is 6.95. The highest BCUT2D eigenvalue weighted by molar-refractivity contribution is 5.26. The zero-order valence-corrected chi connectivity index (χ0v) is 7.48. The first kappa shape index (κ1) is 10.0. The quantitative estimate of drug-likeness (QED) is 0.638. The third-order valence-corrected chi connectivity index (χ3v) is 1.93. The van der Waals surface area contributed by atoms with E-state index in [-0.39, 0.29) is 18.4 Å². The Hall–Kier alpha value is -1.06. The normalized spacial score (nSPS) is 12.8. The van der Waals surface area contributed by atoms with Crippen molar-refractivity contribution in [3.05, 3.63) is 29.8 Å². The highest BCUT2D eigenvalue weighted by Gasteiger charge is 2.02. The number of phenolic OH excluding ortho intramolecular Hbond substituents is 1. The summed E-state index contributed by atoms with van der Waals surface area (Å²) in [6.07, 6.45) is 1.35. The molecule has 0 bridgehead atoms. The average Bonchev–Trinajstić information content (AvgIpc) is 2.09. The molecular weight excluding hydrogens is 166 g/mol. The molecule has 0 fully saturated rings. The van der Waals surface area contributed by atoms with Gasteiger partial charge in [0.2, 0.25) is 0 Å². The van der Waals surface area contributed by atoms with Crippen LogP contribution >= 0.6 is 0 Å². The number of nitrogens with two attached hydrogens (primary N) is 1. The Morgan fingerprint density at radius 2 is 1.85 bits per heavy atom. The van der Waals surface area contributed by atoms with Gasteiger partial charge >= 0.3 is 0 Å². The lowest BCUT2D eigenvalue weighted by Crippen LogP contribution is -2.23. The van der Waals surface area contributed by atoms with Crippen LogP contribution < -0.4 is 5.73 Å². The molecule has 0 aliphatic rings. The Labute approximate surface area is 77.8 Å². The van der Waals surface area contributed by atoms with Crippen LogP contribution in [0.15, 0.2) is 24.3 Å². The number of aromatic hydroxyl groups is 1. The van der Waals surface area contributed by atoms with Crippen LogP contribution in [0.3, 0.4) is 0 Å². The summed E-state index contributed by atoms with van der Waals surface area (Å²) in [4.78, 5) is 0. The predicted octanol–water partition coefficient (Wildman–Crippen LogP) is 0.644. The predicted molar refractivity (Wildman–Crippen MR) is 51.5 cm³/mol. The van der Waals surface area contributed by atoms with Crippen LogP contribution in [0.5, 0.6) is 5.75 Å². The summed E-state index contributed by atoms with van der Waals surface area (Å²) in [6.45, 7) is 0.124. The molecule has 3 nitrogen and oxygen atoms in total. The second kappa shape index (κ2) is 4.84. The first-order chi connectivity index (χ1) is 6.22. The molecule has 0 spiro atoms. The molecule has 0 aromatic heterocycles. The van der Waals surface area contributed by atoms with Crippen LogP contribution in [0.25, 0.3) is 0 Å². The highest BCUT2D eigenvalue weighted by atomic mass is 16.3. The standard InChI is InChI=1S/C10H15NO2/c11-9(5-6-12)7-8-1-3-10(13)4-2-8/h1-4,9,12-13H,5-7,11H2. The van der Waals surface area contributed by atoms with Gasteiger partial charge in [-0.3, -0.25) is 0 Å². The average molecular weight is 181 g/mol. The Bertz CT molecular complexity index is 246. The SMILES string of the molecule is NC(CCO)Cc1ccc(O)cc1. The Morgan fingerprint density at radius 3 is 2.38 bits per heavy atom. The zero-order chi connectivity index (χ0) is 9.68. The minimum absolute atomic E-state index is 0.00505. The lowest BCUT2D eigenvalue weighted by molar-refractivity contribution is 0.275. The van der Waals surface area contributed by atoms with Crippen LogP contribution in [0.4, 0.5) is 0 Å². The second-order valence-corrected chi connectivity index (χ2v) is 3.14. The van der Waals surface area contributed by atoms with Gasteiger partial charge in [0.25, 0.3) is 0 Å². The van der Waals surface area contributed by atoms with E-state index in [0.29, 0.717) is 6.42 Å². The first-order valence-corrected chi connectivity index (χ1v) is 4.36. The zero-order valence-electron chi connectivity index (χ0n) is 7.48. The maximum atomic E-state index is 9.02. The van der Waals surface area contributed by atoms with Gasteiger partial charge in [-0.05, 0) is 30.5 Å². The van der Waals surface area contributed by atoms with Crippen molar-refractivity contribution in [1.29, 1.82) is 0 Å². The van der Waals surface area contributed by atoms with Crippen molar-refractivity contribution < 1.29 is 10.2 Å². The molecular formula is C10H15NO2. The molecule has 13 heavy (non-hydrogen) atoms. The van der Waals surface area contributed by atoms with Crippen molar-refractivity contribution in [2.75, 3.05) is 6.61 Å². The maximum absolute atomic E-state index is 9.02. The molecule has 4 N–H and O–H groups in total. The van der Waals surface area contributed by atoms with E-state index in [1.165, 1.54) is 0 Å². The summed E-state index contributed by atoms with van der Waals surface area (Å²) in [7, 11) is 0. The molecule has 1 rings (SSSR count). The van der Waals surface area contributed by atoms with E-state index in [1.807, 2.05) is 12.1 Å². The maximum Gasteiger partial charge on any atom is 0.115 e. The number of hydrogen-bond donors (Lipinski definition) is 3. The van der Waals surface area contributed by atoms with Gasteiger partial charge < -0.3 is 15.9 Å². The van der Waals surface area contributed by atoms with Crippen molar-refractivity contribution in [3.63, 3.8) is 0 Å². The summed E-state index contributed by atoms with van der Waals surface area (Å²) < 4.78 is 0. The Balaban J connectivity index is 2.49. The lowest BCUT2D eigenvalue weighted by Gasteiger charge is -2.09. The van der Waals surface area contributed by atoms with E-state index in [0.717, 1.165) is 12.0 Å². The summed E-state index contributed by atoms with van der Waals surface area (Å²) in [5.41, 5.74) is 6.81. The molecule has 0 saturated heterocycles. The van der Waals surface area contributed by atoms with Crippen LogP contribution in [0.2, 0.25) is 0 Å². The van der Waals surface area contributed by atoms with Gasteiger partial charge in [-0.15, -0.1) is 0 Å². The number of aliphatic hydroxyl groups is 1. The van der Waals surface area contributed by atoms with Crippen LogP contribution in [0, 0.1) is 0 Å². The van der Waals surface area contributed by atoms with Crippen molar-refractivity contribution in [2.24, 2.45) is 5.73 Å². The Morgan fingerprint density at radius 1 is 1.23 bits per heavy atom. The molecule has 1 aromatic rings. The molecule has 0 amide bonds. The molecule has 1 unspecified atom stereocenters. The molecule has 72 valence electrons. The third kappa shape index (κ3) is 3.44. The number of hydrogen-bond acceptors (Lipinski definition) is 3. The van der Waals surface area contributed by atoms with Crippen LogP contribution in [0.1, 0.15) is 12.0 Å². The molecule has 1 aromatic carbocycles. The number of aliphatic hydroxyl groups excluding tert-OH is 1. The smallest absolute Gasteiger partial charge is 0.115 e. The molecule has 0 aliphatic carbocycles. The lowest BCUT2D eigenvalue weighted by atomic mass is 10.0. The van der Waals surface area contributed by atoms with Gasteiger partial charge in [0.15, 0.2) is 0 Å². The molecule has 0 heterocycles. The fourth-order valence-electron chi connectivity index (χ4n) is 1.20. The number of rotatable bonds is 4. The van der Waals surface area contributed by atoms with Crippen LogP contribution in [-0.2, 0) is 6.42 Å². The van der Waals surface area contributed by atoms with Gasteiger partial charge in [-0.1, -0.05) is 12.1 Å². The fourth-order valence-corrected chi connectivity index (χ4v) is 1.20. The minimum atomic E-state index is -0.00505. The molecule has 0 radical (unpaired) electrons. The van der Waals surface area contributed by atoms with E-state index in [1.54, 1.807) is 12.1 Å². The Kier molecular flexibility index (Phi) is 3.73. The minimum Gasteiger partial charge on any atom is -0.508 e. The third-order valence-electron chi connectivity index (χ3n) is 1.93. The topological polar surface area (TPSA) is 66.5 Å². The van der Waals surface area contributed by atoms with E-state index >= 15 is 0 Å². The van der Waals surface area contributed by atoms with Crippen molar-refractivity contribution in [2.45, 2.75) is 18.9 Å². The second-order valence-electron chi connectivity index (χ2n) is 3.14. The number of phenols is 1. The summed E-state index contributed by atoms with van der Waals surface area (Å²) in [5, 5.41) is 17.7. The van der Waals surface area contributed by atoms with E-state index in [4.69, 9.17) is 15.9 Å². The molecule has 0 saturated carbocycles. The first-order valence-electron chi connectivity index (χ1n) is 4.36. The summed E-state index contributed by atoms with van der Waals surface area (Å²) >= 11 is 0. The largest absolute Gasteiger partial charge is 0.508 e. The molecule has 0 aliphatic heterocycles. The van der Waals surface area contributed by atoms with Gasteiger partial charge in [-0.2, -0.15) is 0 Å². The molecule has 3 heteroatoms.